The summed E-state index contributed by atoms with van der Waals surface area (Å²) >= 11 is 0. The SMILES string of the molecule is COCCOCC[C@@H]1CN(c2cc(N3CCCCC3)ccn2)[C@H]2CCCN(c3cccc(F)c3)[C@@H]12. The molecule has 0 spiro atoms. The molecule has 1 aromatic heterocycles. The number of piperidine rings is 2. The zero-order valence-electron chi connectivity index (χ0n) is 20.9. The summed E-state index contributed by atoms with van der Waals surface area (Å²) in [5, 5.41) is 0. The Balaban J connectivity index is 1.39. The maximum absolute atomic E-state index is 14.2. The third-order valence-electron chi connectivity index (χ3n) is 7.92. The lowest BCUT2D eigenvalue weighted by molar-refractivity contribution is 0.0633. The van der Waals surface area contributed by atoms with Gasteiger partial charge in [-0.15, -0.1) is 0 Å². The Morgan fingerprint density at radius 2 is 1.83 bits per heavy atom. The van der Waals surface area contributed by atoms with Crippen molar-refractivity contribution < 1.29 is 13.9 Å². The zero-order valence-corrected chi connectivity index (χ0v) is 20.9. The quantitative estimate of drug-likeness (QED) is 0.481. The van der Waals surface area contributed by atoms with Gasteiger partial charge in [0.2, 0.25) is 0 Å². The van der Waals surface area contributed by atoms with Crippen LogP contribution >= 0.6 is 0 Å². The van der Waals surface area contributed by atoms with Gasteiger partial charge in [0, 0.05) is 69.5 Å². The Labute approximate surface area is 209 Å². The van der Waals surface area contributed by atoms with Crippen LogP contribution in [0.25, 0.3) is 0 Å². The van der Waals surface area contributed by atoms with Crippen molar-refractivity contribution in [1.82, 2.24) is 4.98 Å². The minimum atomic E-state index is -0.171. The van der Waals surface area contributed by atoms with Gasteiger partial charge in [-0.25, -0.2) is 9.37 Å². The number of halogens is 1. The van der Waals surface area contributed by atoms with Crippen molar-refractivity contribution in [3.63, 3.8) is 0 Å². The van der Waals surface area contributed by atoms with E-state index in [2.05, 4.69) is 32.9 Å². The average Bonchev–Trinajstić information content (AvgIpc) is 3.28. The molecule has 0 N–H and O–H groups in total. The molecule has 0 bridgehead atoms. The van der Waals surface area contributed by atoms with E-state index < -0.39 is 0 Å². The summed E-state index contributed by atoms with van der Waals surface area (Å²) in [5.74, 6) is 1.33. The van der Waals surface area contributed by atoms with Crippen LogP contribution in [0.3, 0.4) is 0 Å². The van der Waals surface area contributed by atoms with E-state index in [1.807, 2.05) is 12.3 Å². The van der Waals surface area contributed by atoms with E-state index in [4.69, 9.17) is 14.5 Å². The molecule has 1 aromatic carbocycles. The number of anilines is 3. The Bertz CT molecular complexity index is 954. The second-order valence-electron chi connectivity index (χ2n) is 10.1. The summed E-state index contributed by atoms with van der Waals surface area (Å²) in [6, 6.07) is 12.2. The number of fused-ring (bicyclic) bond motifs is 1. The van der Waals surface area contributed by atoms with Gasteiger partial charge in [0.25, 0.3) is 0 Å². The lowest BCUT2D eigenvalue weighted by Crippen LogP contribution is -2.52. The van der Waals surface area contributed by atoms with E-state index in [1.165, 1.54) is 31.0 Å². The third kappa shape index (κ3) is 5.56. The lowest BCUT2D eigenvalue weighted by atomic mass is 9.88. The molecule has 190 valence electrons. The molecule has 7 heteroatoms. The summed E-state index contributed by atoms with van der Waals surface area (Å²) in [6.07, 6.45) is 9.03. The molecule has 3 aliphatic rings. The van der Waals surface area contributed by atoms with E-state index in [-0.39, 0.29) is 5.82 Å². The molecule has 3 aliphatic heterocycles. The predicted molar refractivity (Wildman–Crippen MR) is 139 cm³/mol. The molecule has 5 rings (SSSR count). The first-order valence-corrected chi connectivity index (χ1v) is 13.3. The number of benzene rings is 1. The number of aromatic nitrogens is 1. The lowest BCUT2D eigenvalue weighted by Gasteiger charge is -2.43. The minimum absolute atomic E-state index is 0.171. The van der Waals surface area contributed by atoms with Crippen molar-refractivity contribution in [1.29, 1.82) is 0 Å². The predicted octanol–water partition coefficient (Wildman–Crippen LogP) is 4.74. The Kier molecular flexibility index (Phi) is 8.04. The van der Waals surface area contributed by atoms with Crippen LogP contribution in [0.4, 0.5) is 21.6 Å². The fraction of sp³-hybridized carbons (Fsp3) is 0.607. The van der Waals surface area contributed by atoms with Crippen LogP contribution in [-0.2, 0) is 9.47 Å². The molecule has 0 aliphatic carbocycles. The first-order valence-electron chi connectivity index (χ1n) is 13.3. The van der Waals surface area contributed by atoms with Crippen molar-refractivity contribution in [2.45, 2.75) is 50.6 Å². The smallest absolute Gasteiger partial charge is 0.130 e. The fourth-order valence-electron chi connectivity index (χ4n) is 6.28. The number of nitrogens with zero attached hydrogens (tertiary/aromatic N) is 4. The molecule has 3 fully saturated rings. The van der Waals surface area contributed by atoms with Crippen LogP contribution in [0.2, 0.25) is 0 Å². The van der Waals surface area contributed by atoms with Gasteiger partial charge < -0.3 is 24.2 Å². The molecule has 0 amide bonds. The fourth-order valence-corrected chi connectivity index (χ4v) is 6.28. The van der Waals surface area contributed by atoms with Gasteiger partial charge in [-0.2, -0.15) is 0 Å². The molecular formula is C28H39FN4O2. The summed E-state index contributed by atoms with van der Waals surface area (Å²) in [4.78, 5) is 12.3. The normalized spacial score (nSPS) is 24.6. The molecule has 3 saturated heterocycles. The van der Waals surface area contributed by atoms with Crippen LogP contribution in [0, 0.1) is 11.7 Å². The molecular weight excluding hydrogens is 443 g/mol. The van der Waals surface area contributed by atoms with E-state index in [1.54, 1.807) is 13.2 Å². The highest BCUT2D eigenvalue weighted by Gasteiger charge is 2.47. The minimum Gasteiger partial charge on any atom is -0.382 e. The molecule has 35 heavy (non-hydrogen) atoms. The monoisotopic (exact) mass is 482 g/mol. The van der Waals surface area contributed by atoms with Crippen LogP contribution < -0.4 is 14.7 Å². The number of hydrogen-bond acceptors (Lipinski definition) is 6. The van der Waals surface area contributed by atoms with Crippen molar-refractivity contribution in [2.24, 2.45) is 5.92 Å². The topological polar surface area (TPSA) is 41.1 Å². The first kappa shape index (κ1) is 24.3. The van der Waals surface area contributed by atoms with E-state index in [0.29, 0.717) is 37.8 Å². The van der Waals surface area contributed by atoms with E-state index in [0.717, 1.165) is 56.9 Å². The third-order valence-corrected chi connectivity index (χ3v) is 7.92. The highest BCUT2D eigenvalue weighted by atomic mass is 19.1. The number of ether oxygens (including phenoxy) is 2. The summed E-state index contributed by atoms with van der Waals surface area (Å²) in [5.41, 5.74) is 2.28. The Morgan fingerprint density at radius 3 is 2.66 bits per heavy atom. The zero-order chi connectivity index (χ0) is 24.0. The molecule has 0 unspecified atom stereocenters. The maximum Gasteiger partial charge on any atom is 0.130 e. The molecule has 0 radical (unpaired) electrons. The molecule has 3 atom stereocenters. The number of methoxy groups -OCH3 is 1. The van der Waals surface area contributed by atoms with E-state index >= 15 is 0 Å². The highest BCUT2D eigenvalue weighted by Crippen LogP contribution is 2.41. The largest absolute Gasteiger partial charge is 0.382 e. The van der Waals surface area contributed by atoms with Gasteiger partial charge in [-0.3, -0.25) is 0 Å². The number of pyridine rings is 1. The second-order valence-corrected chi connectivity index (χ2v) is 10.1. The van der Waals surface area contributed by atoms with Crippen LogP contribution in [0.1, 0.15) is 38.5 Å². The van der Waals surface area contributed by atoms with Gasteiger partial charge in [0.1, 0.15) is 11.6 Å². The van der Waals surface area contributed by atoms with Crippen molar-refractivity contribution >= 4 is 17.2 Å². The standard InChI is InChI=1S/C28H39FN4O2/c1-34-17-18-35-16-11-22-21-33(27-20-24(10-12-30-27)31-13-3-2-4-14-31)26-9-6-15-32(28(22)26)25-8-5-7-23(29)19-25/h5,7-8,10,12,19-20,22,26,28H,2-4,6,9,11,13-18,21H2,1H3/t22-,26+,28+/m1/s1. The first-order chi connectivity index (χ1) is 17.2. The molecule has 0 saturated carbocycles. The van der Waals surface area contributed by atoms with Crippen LogP contribution in [0.5, 0.6) is 0 Å². The summed E-state index contributed by atoms with van der Waals surface area (Å²) in [7, 11) is 1.70. The summed E-state index contributed by atoms with van der Waals surface area (Å²) < 4.78 is 25.2. The van der Waals surface area contributed by atoms with Crippen LogP contribution in [0.15, 0.2) is 42.6 Å². The average molecular weight is 483 g/mol. The highest BCUT2D eigenvalue weighted by molar-refractivity contribution is 5.58. The number of rotatable bonds is 9. The molecule has 4 heterocycles. The van der Waals surface area contributed by atoms with Crippen molar-refractivity contribution in [2.75, 3.05) is 67.8 Å². The van der Waals surface area contributed by atoms with Crippen molar-refractivity contribution in [3.05, 3.63) is 48.4 Å². The summed E-state index contributed by atoms with van der Waals surface area (Å²) in [6.45, 7) is 6.11. The molecule has 2 aromatic rings. The van der Waals surface area contributed by atoms with Gasteiger partial charge in [-0.1, -0.05) is 6.07 Å². The maximum atomic E-state index is 14.2. The van der Waals surface area contributed by atoms with Gasteiger partial charge in [0.05, 0.1) is 25.3 Å². The van der Waals surface area contributed by atoms with E-state index in [9.17, 15) is 4.39 Å². The van der Waals surface area contributed by atoms with Crippen LogP contribution in [-0.4, -0.2) is 70.2 Å². The van der Waals surface area contributed by atoms with Gasteiger partial charge >= 0.3 is 0 Å². The second kappa shape index (κ2) is 11.6. The number of hydrogen-bond donors (Lipinski definition) is 0. The Hall–Kier alpha value is -2.38. The van der Waals surface area contributed by atoms with Gasteiger partial charge in [0.15, 0.2) is 0 Å². The van der Waals surface area contributed by atoms with Crippen molar-refractivity contribution in [3.8, 4) is 0 Å². The van der Waals surface area contributed by atoms with Gasteiger partial charge in [-0.05, 0) is 62.8 Å². The molecule has 6 nitrogen and oxygen atoms in total. The Morgan fingerprint density at radius 1 is 0.943 bits per heavy atom.